The molecular weight excluding hydrogens is 266 g/mol. The molecule has 0 fully saturated rings. The molecule has 0 aliphatic heterocycles. The summed E-state index contributed by atoms with van der Waals surface area (Å²) in [6.07, 6.45) is 4.07. The Labute approximate surface area is 121 Å². The van der Waals surface area contributed by atoms with Crippen LogP contribution in [-0.2, 0) is 6.42 Å². The van der Waals surface area contributed by atoms with Crippen molar-refractivity contribution in [1.82, 2.24) is 24.9 Å². The van der Waals surface area contributed by atoms with Gasteiger partial charge in [0.2, 0.25) is 0 Å². The second kappa shape index (κ2) is 5.70. The Balaban J connectivity index is 1.71. The van der Waals surface area contributed by atoms with E-state index in [0.717, 1.165) is 11.4 Å². The molecule has 0 saturated heterocycles. The number of amides is 1. The van der Waals surface area contributed by atoms with E-state index in [2.05, 4.69) is 20.4 Å². The summed E-state index contributed by atoms with van der Waals surface area (Å²) in [7, 11) is 0. The van der Waals surface area contributed by atoms with Crippen LogP contribution in [0.5, 0.6) is 0 Å². The Morgan fingerprint density at radius 3 is 3.00 bits per heavy atom. The zero-order valence-corrected chi connectivity index (χ0v) is 11.7. The summed E-state index contributed by atoms with van der Waals surface area (Å²) < 4.78 is 1.54. The molecule has 0 aliphatic carbocycles. The van der Waals surface area contributed by atoms with E-state index in [-0.39, 0.29) is 5.91 Å². The summed E-state index contributed by atoms with van der Waals surface area (Å²) in [6, 6.07) is 9.25. The SMILES string of the molecule is Cc1cc(C(=O)NCCc2ccccn2)n2nccc2n1. The fourth-order valence-electron chi connectivity index (χ4n) is 2.14. The molecule has 1 N–H and O–H groups in total. The number of hydrogen-bond acceptors (Lipinski definition) is 4. The van der Waals surface area contributed by atoms with E-state index in [1.54, 1.807) is 29.0 Å². The van der Waals surface area contributed by atoms with Gasteiger partial charge in [-0.1, -0.05) is 6.07 Å². The first-order valence-corrected chi connectivity index (χ1v) is 6.73. The Hall–Kier alpha value is -2.76. The lowest BCUT2D eigenvalue weighted by Crippen LogP contribution is -2.28. The number of nitrogens with one attached hydrogen (secondary N) is 1. The summed E-state index contributed by atoms with van der Waals surface area (Å²) >= 11 is 0. The van der Waals surface area contributed by atoms with Crippen molar-refractivity contribution in [1.29, 1.82) is 0 Å². The maximum absolute atomic E-state index is 12.3. The number of nitrogens with zero attached hydrogens (tertiary/aromatic N) is 4. The van der Waals surface area contributed by atoms with Crippen LogP contribution < -0.4 is 5.32 Å². The average Bonchev–Trinajstić information content (AvgIpc) is 2.95. The Bertz CT molecular complexity index is 766. The van der Waals surface area contributed by atoms with Crippen molar-refractivity contribution in [2.75, 3.05) is 6.54 Å². The summed E-state index contributed by atoms with van der Waals surface area (Å²) in [5.41, 5.74) is 2.90. The third-order valence-corrected chi connectivity index (χ3v) is 3.11. The predicted molar refractivity (Wildman–Crippen MR) is 78.0 cm³/mol. The lowest BCUT2D eigenvalue weighted by atomic mass is 10.2. The van der Waals surface area contributed by atoms with Gasteiger partial charge in [-0.25, -0.2) is 9.50 Å². The molecule has 0 saturated carbocycles. The molecule has 0 aliphatic rings. The minimum absolute atomic E-state index is 0.162. The first-order valence-electron chi connectivity index (χ1n) is 6.73. The van der Waals surface area contributed by atoms with Gasteiger partial charge in [-0.2, -0.15) is 5.10 Å². The molecule has 1 amide bonds. The van der Waals surface area contributed by atoms with E-state index >= 15 is 0 Å². The highest BCUT2D eigenvalue weighted by Crippen LogP contribution is 2.06. The number of carbonyl (C=O) groups excluding carboxylic acids is 1. The molecule has 6 heteroatoms. The number of carbonyl (C=O) groups is 1. The van der Waals surface area contributed by atoms with Gasteiger partial charge in [-0.15, -0.1) is 0 Å². The standard InChI is InChI=1S/C15H15N5O/c1-11-10-13(20-14(19-11)6-9-18-20)15(21)17-8-5-12-4-2-3-7-16-12/h2-4,6-7,9-10H,5,8H2,1H3,(H,17,21). The van der Waals surface area contributed by atoms with Gasteiger partial charge in [0.1, 0.15) is 5.69 Å². The maximum Gasteiger partial charge on any atom is 0.270 e. The van der Waals surface area contributed by atoms with Crippen molar-refractivity contribution in [2.45, 2.75) is 13.3 Å². The van der Waals surface area contributed by atoms with Gasteiger partial charge in [0.05, 0.1) is 6.20 Å². The van der Waals surface area contributed by atoms with E-state index in [0.29, 0.717) is 24.3 Å². The second-order valence-corrected chi connectivity index (χ2v) is 4.71. The number of aryl methyl sites for hydroxylation is 1. The minimum atomic E-state index is -0.162. The van der Waals surface area contributed by atoms with Crippen LogP contribution in [0.1, 0.15) is 21.9 Å². The number of hydrogen-bond donors (Lipinski definition) is 1. The van der Waals surface area contributed by atoms with Crippen molar-refractivity contribution >= 4 is 11.6 Å². The molecule has 0 spiro atoms. The van der Waals surface area contributed by atoms with Gasteiger partial charge in [0.25, 0.3) is 5.91 Å². The molecule has 3 heterocycles. The Morgan fingerprint density at radius 2 is 2.19 bits per heavy atom. The molecule has 21 heavy (non-hydrogen) atoms. The van der Waals surface area contributed by atoms with Gasteiger partial charge in [-0.05, 0) is 25.1 Å². The second-order valence-electron chi connectivity index (χ2n) is 4.71. The lowest BCUT2D eigenvalue weighted by Gasteiger charge is -2.07. The summed E-state index contributed by atoms with van der Waals surface area (Å²) in [5, 5.41) is 7.02. The first-order chi connectivity index (χ1) is 10.2. The average molecular weight is 281 g/mol. The highest BCUT2D eigenvalue weighted by molar-refractivity contribution is 5.93. The fraction of sp³-hybridized carbons (Fsp3) is 0.200. The van der Waals surface area contributed by atoms with Crippen LogP contribution in [0.4, 0.5) is 0 Å². The Morgan fingerprint density at radius 1 is 1.29 bits per heavy atom. The molecule has 3 aromatic heterocycles. The van der Waals surface area contributed by atoms with Crippen molar-refractivity contribution in [3.05, 3.63) is 59.8 Å². The fourth-order valence-corrected chi connectivity index (χ4v) is 2.14. The third-order valence-electron chi connectivity index (χ3n) is 3.11. The summed E-state index contributed by atoms with van der Waals surface area (Å²) in [5.74, 6) is -0.162. The highest BCUT2D eigenvalue weighted by Gasteiger charge is 2.12. The number of pyridine rings is 1. The van der Waals surface area contributed by atoms with Crippen molar-refractivity contribution in [3.63, 3.8) is 0 Å². The van der Waals surface area contributed by atoms with Gasteiger partial charge in [-0.3, -0.25) is 9.78 Å². The summed E-state index contributed by atoms with van der Waals surface area (Å²) in [4.78, 5) is 20.8. The van der Waals surface area contributed by atoms with E-state index in [9.17, 15) is 4.79 Å². The molecule has 0 unspecified atom stereocenters. The number of aromatic nitrogens is 4. The van der Waals surface area contributed by atoms with E-state index in [1.807, 2.05) is 25.1 Å². The minimum Gasteiger partial charge on any atom is -0.350 e. The van der Waals surface area contributed by atoms with E-state index in [1.165, 1.54) is 0 Å². The normalized spacial score (nSPS) is 10.7. The monoisotopic (exact) mass is 281 g/mol. The van der Waals surface area contributed by atoms with Crippen molar-refractivity contribution in [2.24, 2.45) is 0 Å². The van der Waals surface area contributed by atoms with Crippen LogP contribution >= 0.6 is 0 Å². The van der Waals surface area contributed by atoms with Crippen LogP contribution in [0, 0.1) is 6.92 Å². The van der Waals surface area contributed by atoms with Crippen LogP contribution in [0.2, 0.25) is 0 Å². The quantitative estimate of drug-likeness (QED) is 0.784. The van der Waals surface area contributed by atoms with Crippen LogP contribution in [0.15, 0.2) is 42.7 Å². The van der Waals surface area contributed by atoms with E-state index < -0.39 is 0 Å². The maximum atomic E-state index is 12.3. The van der Waals surface area contributed by atoms with Crippen LogP contribution in [0.3, 0.4) is 0 Å². The number of fused-ring (bicyclic) bond motifs is 1. The molecule has 6 nitrogen and oxygen atoms in total. The van der Waals surface area contributed by atoms with Crippen molar-refractivity contribution < 1.29 is 4.79 Å². The van der Waals surface area contributed by atoms with Gasteiger partial charge in [0.15, 0.2) is 5.65 Å². The third kappa shape index (κ3) is 2.89. The van der Waals surface area contributed by atoms with Gasteiger partial charge < -0.3 is 5.32 Å². The zero-order valence-electron chi connectivity index (χ0n) is 11.7. The zero-order chi connectivity index (χ0) is 14.7. The topological polar surface area (TPSA) is 72.2 Å². The lowest BCUT2D eigenvalue weighted by molar-refractivity contribution is 0.0946. The highest BCUT2D eigenvalue weighted by atomic mass is 16.1. The summed E-state index contributed by atoms with van der Waals surface area (Å²) in [6.45, 7) is 2.39. The molecule has 3 aromatic rings. The molecule has 3 rings (SSSR count). The molecule has 0 radical (unpaired) electrons. The van der Waals surface area contributed by atoms with E-state index in [4.69, 9.17) is 0 Å². The number of rotatable bonds is 4. The smallest absolute Gasteiger partial charge is 0.270 e. The van der Waals surface area contributed by atoms with Crippen LogP contribution in [0.25, 0.3) is 5.65 Å². The Kier molecular flexibility index (Phi) is 3.59. The largest absolute Gasteiger partial charge is 0.350 e. The molecule has 0 atom stereocenters. The van der Waals surface area contributed by atoms with Gasteiger partial charge >= 0.3 is 0 Å². The molecule has 0 aromatic carbocycles. The molecular formula is C15H15N5O. The van der Waals surface area contributed by atoms with Crippen LogP contribution in [-0.4, -0.2) is 32.0 Å². The molecule has 106 valence electrons. The van der Waals surface area contributed by atoms with Crippen molar-refractivity contribution in [3.8, 4) is 0 Å². The molecule has 0 bridgehead atoms. The first kappa shape index (κ1) is 13.2. The van der Waals surface area contributed by atoms with Gasteiger partial charge in [0, 0.05) is 36.6 Å². The predicted octanol–water partition coefficient (Wildman–Crippen LogP) is 1.41.